The van der Waals surface area contributed by atoms with E-state index >= 15 is 0 Å². The number of hydrogen-bond donors (Lipinski definition) is 2. The highest BCUT2D eigenvalue weighted by atomic mass is 32.1. The number of rotatable bonds is 7. The Kier molecular flexibility index (Phi) is 7.59. The van der Waals surface area contributed by atoms with Crippen molar-refractivity contribution in [1.82, 2.24) is 5.32 Å². The Labute approximate surface area is 145 Å². The lowest BCUT2D eigenvalue weighted by atomic mass is 10.2. The van der Waals surface area contributed by atoms with Crippen molar-refractivity contribution in [2.24, 2.45) is 0 Å². The fourth-order valence-corrected chi connectivity index (χ4v) is 1.77. The van der Waals surface area contributed by atoms with Gasteiger partial charge in [0.05, 0.1) is 0 Å². The summed E-state index contributed by atoms with van der Waals surface area (Å²) in [5.74, 6) is -0.615. The molecule has 1 rings (SSSR count). The third kappa shape index (κ3) is 9.85. The van der Waals surface area contributed by atoms with Gasteiger partial charge in [0.2, 0.25) is 0 Å². The van der Waals surface area contributed by atoms with Gasteiger partial charge < -0.3 is 20.1 Å². The van der Waals surface area contributed by atoms with Crippen molar-refractivity contribution in [1.29, 1.82) is 0 Å². The summed E-state index contributed by atoms with van der Waals surface area (Å²) in [6.45, 7) is -0.737. The lowest BCUT2D eigenvalue weighted by Gasteiger charge is -2.16. The van der Waals surface area contributed by atoms with Crippen LogP contribution in [0.3, 0.4) is 0 Å². The van der Waals surface area contributed by atoms with Crippen LogP contribution in [0.5, 0.6) is 11.5 Å². The second-order valence-corrected chi connectivity index (χ2v) is 5.29. The highest BCUT2D eigenvalue weighted by molar-refractivity contribution is 7.80. The van der Waals surface area contributed by atoms with Crippen LogP contribution < -0.4 is 20.1 Å². The minimum absolute atomic E-state index is 0.130. The van der Waals surface area contributed by atoms with Crippen LogP contribution in [0.1, 0.15) is 13.3 Å². The molecule has 1 aromatic carbocycles. The van der Waals surface area contributed by atoms with Gasteiger partial charge in [-0.1, -0.05) is 6.92 Å². The number of benzene rings is 1. The molecule has 0 heterocycles. The van der Waals surface area contributed by atoms with E-state index in [1.807, 2.05) is 6.92 Å². The maximum atomic E-state index is 12.2. The van der Waals surface area contributed by atoms with Gasteiger partial charge in [0.25, 0.3) is 0 Å². The number of nitrogens with one attached hydrogen (secondary N) is 2. The summed E-state index contributed by atoms with van der Waals surface area (Å²) in [6.07, 6.45) is -8.40. The van der Waals surface area contributed by atoms with E-state index in [0.717, 1.165) is 12.5 Å². The van der Waals surface area contributed by atoms with Crippen molar-refractivity contribution < 1.29 is 35.8 Å². The van der Waals surface area contributed by atoms with Crippen molar-refractivity contribution in [2.45, 2.75) is 25.7 Å². The number of hydrogen-bond acceptors (Lipinski definition) is 3. The van der Waals surface area contributed by atoms with E-state index in [1.54, 1.807) is 0 Å². The van der Waals surface area contributed by atoms with Gasteiger partial charge in [0.15, 0.2) is 18.3 Å². The fourth-order valence-electron chi connectivity index (χ4n) is 1.55. The Morgan fingerprint density at radius 2 is 1.44 bits per heavy atom. The predicted molar refractivity (Wildman–Crippen MR) is 84.1 cm³/mol. The summed E-state index contributed by atoms with van der Waals surface area (Å²) in [5, 5.41) is 5.62. The molecule has 0 radical (unpaired) electrons. The number of alkyl halides is 6. The topological polar surface area (TPSA) is 42.5 Å². The molecule has 0 aliphatic carbocycles. The molecule has 11 heteroatoms. The SMILES string of the molecule is CCCNC(=S)Nc1cc(OCC(F)(F)F)cc(OCC(F)(F)F)c1. The summed E-state index contributed by atoms with van der Waals surface area (Å²) >= 11 is 4.97. The van der Waals surface area contributed by atoms with Crippen LogP contribution in [-0.2, 0) is 0 Å². The molecule has 2 N–H and O–H groups in total. The van der Waals surface area contributed by atoms with Crippen LogP contribution in [0.25, 0.3) is 0 Å². The predicted octanol–water partition coefficient (Wildman–Crippen LogP) is 4.27. The van der Waals surface area contributed by atoms with Gasteiger partial charge in [-0.05, 0) is 18.6 Å². The number of ether oxygens (including phenoxy) is 2. The third-order valence-corrected chi connectivity index (χ3v) is 2.72. The Bertz CT molecular complexity index is 541. The van der Waals surface area contributed by atoms with Gasteiger partial charge in [-0.15, -0.1) is 0 Å². The Morgan fingerprint density at radius 3 is 1.84 bits per heavy atom. The first-order valence-electron chi connectivity index (χ1n) is 7.07. The summed E-state index contributed by atoms with van der Waals surface area (Å²) in [7, 11) is 0. The molecular formula is C14H16F6N2O2S. The van der Waals surface area contributed by atoms with E-state index in [0.29, 0.717) is 6.54 Å². The van der Waals surface area contributed by atoms with Gasteiger partial charge in [0.1, 0.15) is 11.5 Å². The Hall–Kier alpha value is -1.91. The molecule has 0 aromatic heterocycles. The van der Waals surface area contributed by atoms with Crippen molar-refractivity contribution in [3.8, 4) is 11.5 Å². The first kappa shape index (κ1) is 21.1. The smallest absolute Gasteiger partial charge is 0.422 e. The van der Waals surface area contributed by atoms with E-state index in [-0.39, 0.29) is 22.3 Å². The van der Waals surface area contributed by atoms with Crippen LogP contribution >= 0.6 is 12.2 Å². The van der Waals surface area contributed by atoms with Crippen LogP contribution in [0.2, 0.25) is 0 Å². The largest absolute Gasteiger partial charge is 0.484 e. The maximum Gasteiger partial charge on any atom is 0.422 e. The first-order chi connectivity index (χ1) is 11.5. The molecule has 0 aliphatic rings. The molecule has 0 bridgehead atoms. The second-order valence-electron chi connectivity index (χ2n) is 4.88. The molecule has 0 amide bonds. The standard InChI is InChI=1S/C14H16F6N2O2S/c1-2-3-21-12(25)22-9-4-10(23-7-13(15,16)17)6-11(5-9)24-8-14(18,19)20/h4-6H,2-3,7-8H2,1H3,(H2,21,22,25). The van der Waals surface area contributed by atoms with Gasteiger partial charge in [0, 0.05) is 30.4 Å². The highest BCUT2D eigenvalue weighted by Gasteiger charge is 2.30. The zero-order chi connectivity index (χ0) is 19.1. The van der Waals surface area contributed by atoms with Gasteiger partial charge in [-0.2, -0.15) is 26.3 Å². The van der Waals surface area contributed by atoms with Crippen LogP contribution in [0.4, 0.5) is 32.0 Å². The minimum Gasteiger partial charge on any atom is -0.484 e. The van der Waals surface area contributed by atoms with Crippen LogP contribution in [0.15, 0.2) is 18.2 Å². The van der Waals surface area contributed by atoms with Crippen molar-refractivity contribution in [2.75, 3.05) is 25.1 Å². The molecule has 142 valence electrons. The molecular weight excluding hydrogens is 374 g/mol. The molecule has 25 heavy (non-hydrogen) atoms. The molecule has 0 saturated heterocycles. The third-order valence-electron chi connectivity index (χ3n) is 2.48. The summed E-state index contributed by atoms with van der Waals surface area (Å²) in [6, 6.07) is 3.28. The molecule has 0 unspecified atom stereocenters. The molecule has 1 aromatic rings. The number of halogens is 6. The van der Waals surface area contributed by atoms with E-state index in [4.69, 9.17) is 12.2 Å². The highest BCUT2D eigenvalue weighted by Crippen LogP contribution is 2.29. The molecule has 0 aliphatic heterocycles. The zero-order valence-corrected chi connectivity index (χ0v) is 13.9. The Balaban J connectivity index is 2.90. The summed E-state index contributed by atoms with van der Waals surface area (Å²) < 4.78 is 82.6. The van der Waals surface area contributed by atoms with E-state index in [1.165, 1.54) is 12.1 Å². The van der Waals surface area contributed by atoms with Crippen molar-refractivity contribution in [3.05, 3.63) is 18.2 Å². The summed E-state index contributed by atoms with van der Waals surface area (Å²) in [5.41, 5.74) is 0.130. The number of thiocarbonyl (C=S) groups is 1. The monoisotopic (exact) mass is 390 g/mol. The lowest BCUT2D eigenvalue weighted by molar-refractivity contribution is -0.153. The van der Waals surface area contributed by atoms with Crippen LogP contribution in [0, 0.1) is 0 Å². The van der Waals surface area contributed by atoms with Gasteiger partial charge in [-0.25, -0.2) is 0 Å². The van der Waals surface area contributed by atoms with Crippen molar-refractivity contribution in [3.63, 3.8) is 0 Å². The molecule has 4 nitrogen and oxygen atoms in total. The number of anilines is 1. The Morgan fingerprint density at radius 1 is 0.960 bits per heavy atom. The summed E-state index contributed by atoms with van der Waals surface area (Å²) in [4.78, 5) is 0. The van der Waals surface area contributed by atoms with Gasteiger partial charge in [-0.3, -0.25) is 0 Å². The van der Waals surface area contributed by atoms with E-state index < -0.39 is 25.6 Å². The average Bonchev–Trinajstić information content (AvgIpc) is 2.47. The fraction of sp³-hybridized carbons (Fsp3) is 0.500. The van der Waals surface area contributed by atoms with Crippen molar-refractivity contribution >= 4 is 23.0 Å². The molecule has 0 fully saturated rings. The maximum absolute atomic E-state index is 12.2. The average molecular weight is 390 g/mol. The second kappa shape index (κ2) is 8.97. The minimum atomic E-state index is -4.59. The van der Waals surface area contributed by atoms with Crippen LogP contribution in [-0.4, -0.2) is 37.2 Å². The zero-order valence-electron chi connectivity index (χ0n) is 13.1. The normalized spacial score (nSPS) is 11.8. The lowest BCUT2D eigenvalue weighted by Crippen LogP contribution is -2.29. The molecule has 0 spiro atoms. The van der Waals surface area contributed by atoms with E-state index in [2.05, 4.69) is 20.1 Å². The van der Waals surface area contributed by atoms with E-state index in [9.17, 15) is 26.3 Å². The van der Waals surface area contributed by atoms with Gasteiger partial charge >= 0.3 is 12.4 Å². The first-order valence-corrected chi connectivity index (χ1v) is 7.48. The molecule has 0 atom stereocenters. The quantitative estimate of drug-likeness (QED) is 0.538. The molecule has 0 saturated carbocycles.